The summed E-state index contributed by atoms with van der Waals surface area (Å²) in [7, 11) is 0. The summed E-state index contributed by atoms with van der Waals surface area (Å²) in [5.74, 6) is -1.14. The molecule has 0 spiro atoms. The summed E-state index contributed by atoms with van der Waals surface area (Å²) in [5.41, 5.74) is 0.615. The van der Waals surface area contributed by atoms with E-state index in [2.05, 4.69) is 0 Å². The van der Waals surface area contributed by atoms with Crippen molar-refractivity contribution < 1.29 is 23.9 Å². The summed E-state index contributed by atoms with van der Waals surface area (Å²) < 4.78 is 9.98. The first-order valence-electron chi connectivity index (χ1n) is 7.21. The molecule has 0 atom stereocenters. The average molecular weight is 306 g/mol. The number of benzene rings is 1. The lowest BCUT2D eigenvalue weighted by Gasteiger charge is -2.19. The highest BCUT2D eigenvalue weighted by Crippen LogP contribution is 2.13. The Kier molecular flexibility index (Phi) is 6.28. The minimum absolute atomic E-state index is 0.132. The third-order valence-corrected chi connectivity index (χ3v) is 2.64. The van der Waals surface area contributed by atoms with Crippen LogP contribution in [0, 0.1) is 0 Å². The zero-order valence-electron chi connectivity index (χ0n) is 13.5. The molecule has 0 bridgehead atoms. The maximum atomic E-state index is 11.9. The van der Waals surface area contributed by atoms with Crippen molar-refractivity contribution >= 4 is 17.7 Å². The fraction of sp³-hybridized carbons (Fsp3) is 0.471. The molecule has 0 saturated heterocycles. The smallest absolute Gasteiger partial charge is 0.338 e. The quantitative estimate of drug-likeness (QED) is 0.597. The van der Waals surface area contributed by atoms with Gasteiger partial charge in [0.15, 0.2) is 0 Å². The number of carbonyl (C=O) groups is 3. The first kappa shape index (κ1) is 17.9. The molecule has 1 aromatic rings. The number of ether oxygens (including phenoxy) is 2. The molecule has 0 heterocycles. The molecule has 0 fully saturated rings. The zero-order valence-corrected chi connectivity index (χ0v) is 13.5. The van der Waals surface area contributed by atoms with Crippen LogP contribution in [-0.4, -0.2) is 29.9 Å². The fourth-order valence-electron chi connectivity index (χ4n) is 1.76. The van der Waals surface area contributed by atoms with Crippen molar-refractivity contribution in [2.24, 2.45) is 0 Å². The van der Waals surface area contributed by atoms with E-state index in [0.717, 1.165) is 5.56 Å². The molecule has 0 N–H and O–H groups in total. The van der Waals surface area contributed by atoms with Crippen molar-refractivity contribution in [2.45, 2.75) is 46.1 Å². The highest BCUT2D eigenvalue weighted by Gasteiger charge is 2.18. The molecule has 0 unspecified atom stereocenters. The topological polar surface area (TPSA) is 69.7 Å². The molecular weight excluding hydrogens is 284 g/mol. The second kappa shape index (κ2) is 7.73. The van der Waals surface area contributed by atoms with Crippen molar-refractivity contribution in [1.82, 2.24) is 0 Å². The standard InChI is InChI=1S/C17H22O5/c1-5-21-15(19)11-14(18)10-12-6-8-13(9-7-12)16(20)22-17(2,3)4/h6-9H,5,10-11H2,1-4H3. The number of esters is 2. The van der Waals surface area contributed by atoms with E-state index >= 15 is 0 Å². The first-order chi connectivity index (χ1) is 10.2. The van der Waals surface area contributed by atoms with Crippen LogP contribution in [0.2, 0.25) is 0 Å². The highest BCUT2D eigenvalue weighted by molar-refractivity contribution is 5.96. The molecule has 0 radical (unpaired) electrons. The summed E-state index contributed by atoms with van der Waals surface area (Å²) >= 11 is 0. The van der Waals surface area contributed by atoms with E-state index < -0.39 is 17.5 Å². The Bertz CT molecular complexity index is 537. The molecule has 5 nitrogen and oxygen atoms in total. The van der Waals surface area contributed by atoms with Gasteiger partial charge in [0.2, 0.25) is 0 Å². The largest absolute Gasteiger partial charge is 0.466 e. The van der Waals surface area contributed by atoms with Gasteiger partial charge in [-0.2, -0.15) is 0 Å². The van der Waals surface area contributed by atoms with Crippen molar-refractivity contribution in [3.05, 3.63) is 35.4 Å². The molecular formula is C17H22O5. The molecule has 1 aromatic carbocycles. The van der Waals surface area contributed by atoms with Crippen LogP contribution in [0.5, 0.6) is 0 Å². The number of ketones is 1. The van der Waals surface area contributed by atoms with Crippen LogP contribution in [0.3, 0.4) is 0 Å². The first-order valence-corrected chi connectivity index (χ1v) is 7.21. The predicted octanol–water partition coefficient (Wildman–Crippen LogP) is 2.71. The molecule has 0 amide bonds. The monoisotopic (exact) mass is 306 g/mol. The van der Waals surface area contributed by atoms with Gasteiger partial charge >= 0.3 is 11.9 Å². The van der Waals surface area contributed by atoms with Crippen molar-refractivity contribution in [3.8, 4) is 0 Å². The lowest BCUT2D eigenvalue weighted by Crippen LogP contribution is -2.23. The number of hydrogen-bond acceptors (Lipinski definition) is 5. The number of carbonyl (C=O) groups excluding carboxylic acids is 3. The van der Waals surface area contributed by atoms with Crippen molar-refractivity contribution in [3.63, 3.8) is 0 Å². The zero-order chi connectivity index (χ0) is 16.8. The van der Waals surface area contributed by atoms with Gasteiger partial charge in [0.25, 0.3) is 0 Å². The molecule has 0 aliphatic heterocycles. The van der Waals surface area contributed by atoms with Crippen LogP contribution in [0.4, 0.5) is 0 Å². The van der Waals surface area contributed by atoms with E-state index in [1.807, 2.05) is 0 Å². The fourth-order valence-corrected chi connectivity index (χ4v) is 1.76. The van der Waals surface area contributed by atoms with Crippen LogP contribution >= 0.6 is 0 Å². The van der Waals surface area contributed by atoms with Gasteiger partial charge in [0.1, 0.15) is 17.8 Å². The molecule has 120 valence electrons. The van der Waals surface area contributed by atoms with Gasteiger partial charge in [-0.25, -0.2) is 4.79 Å². The number of hydrogen-bond donors (Lipinski definition) is 0. The molecule has 0 aromatic heterocycles. The van der Waals surface area contributed by atoms with Gasteiger partial charge in [0, 0.05) is 6.42 Å². The Balaban J connectivity index is 2.60. The molecule has 0 aliphatic carbocycles. The van der Waals surface area contributed by atoms with Crippen LogP contribution in [0.1, 0.15) is 50.0 Å². The Hall–Kier alpha value is -2.17. The number of rotatable bonds is 6. The Morgan fingerprint density at radius 2 is 1.64 bits per heavy atom. The lowest BCUT2D eigenvalue weighted by molar-refractivity contribution is -0.145. The molecule has 1 rings (SSSR count). The molecule has 22 heavy (non-hydrogen) atoms. The summed E-state index contributed by atoms with van der Waals surface area (Å²) in [4.78, 5) is 34.8. The molecule has 0 saturated carbocycles. The summed E-state index contributed by atoms with van der Waals surface area (Å²) in [6, 6.07) is 6.59. The lowest BCUT2D eigenvalue weighted by atomic mass is 10.0. The normalized spacial score (nSPS) is 10.9. The van der Waals surface area contributed by atoms with Crippen LogP contribution < -0.4 is 0 Å². The minimum Gasteiger partial charge on any atom is -0.466 e. The van der Waals surface area contributed by atoms with Crippen molar-refractivity contribution in [1.29, 1.82) is 0 Å². The third-order valence-electron chi connectivity index (χ3n) is 2.64. The summed E-state index contributed by atoms with van der Waals surface area (Å²) in [6.07, 6.45) is -0.102. The minimum atomic E-state index is -0.550. The summed E-state index contributed by atoms with van der Waals surface area (Å²) in [6.45, 7) is 7.35. The molecule has 0 aliphatic rings. The SMILES string of the molecule is CCOC(=O)CC(=O)Cc1ccc(C(=O)OC(C)(C)C)cc1. The highest BCUT2D eigenvalue weighted by atomic mass is 16.6. The van der Waals surface area contributed by atoms with E-state index in [-0.39, 0.29) is 25.2 Å². The second-order valence-corrected chi connectivity index (χ2v) is 5.90. The third kappa shape index (κ3) is 6.52. The number of Topliss-reactive ketones (excluding diaryl/α,β-unsaturated/α-hetero) is 1. The van der Waals surface area contributed by atoms with Gasteiger partial charge < -0.3 is 9.47 Å². The van der Waals surface area contributed by atoms with Gasteiger partial charge in [-0.05, 0) is 45.4 Å². The Morgan fingerprint density at radius 3 is 2.14 bits per heavy atom. The van der Waals surface area contributed by atoms with E-state index in [9.17, 15) is 14.4 Å². The van der Waals surface area contributed by atoms with E-state index in [0.29, 0.717) is 5.56 Å². The van der Waals surface area contributed by atoms with Gasteiger partial charge in [-0.1, -0.05) is 12.1 Å². The molecule has 5 heteroatoms. The predicted molar refractivity (Wildman–Crippen MR) is 81.6 cm³/mol. The second-order valence-electron chi connectivity index (χ2n) is 5.90. The van der Waals surface area contributed by atoms with E-state index in [1.165, 1.54) is 0 Å². The van der Waals surface area contributed by atoms with Crippen LogP contribution in [-0.2, 0) is 25.5 Å². The Morgan fingerprint density at radius 1 is 1.05 bits per heavy atom. The average Bonchev–Trinajstić information content (AvgIpc) is 2.37. The van der Waals surface area contributed by atoms with Gasteiger partial charge in [0.05, 0.1) is 12.2 Å². The van der Waals surface area contributed by atoms with Crippen LogP contribution in [0.15, 0.2) is 24.3 Å². The van der Waals surface area contributed by atoms with E-state index in [4.69, 9.17) is 9.47 Å². The van der Waals surface area contributed by atoms with E-state index in [1.54, 1.807) is 52.0 Å². The van der Waals surface area contributed by atoms with Crippen LogP contribution in [0.25, 0.3) is 0 Å². The van der Waals surface area contributed by atoms with Crippen molar-refractivity contribution in [2.75, 3.05) is 6.61 Å². The maximum Gasteiger partial charge on any atom is 0.338 e. The Labute approximate surface area is 130 Å². The van der Waals surface area contributed by atoms with Gasteiger partial charge in [-0.3, -0.25) is 9.59 Å². The summed E-state index contributed by atoms with van der Waals surface area (Å²) in [5, 5.41) is 0. The van der Waals surface area contributed by atoms with Gasteiger partial charge in [-0.15, -0.1) is 0 Å². The maximum absolute atomic E-state index is 11.9.